The van der Waals surface area contributed by atoms with Gasteiger partial charge in [0.2, 0.25) is 0 Å². The monoisotopic (exact) mass is 180 g/mol. The van der Waals surface area contributed by atoms with E-state index in [0.29, 0.717) is 12.6 Å². The molecule has 1 rings (SSSR count). The maximum Gasteiger partial charge on any atom is 0.0843 e. The van der Waals surface area contributed by atoms with Crippen LogP contribution in [0.2, 0.25) is 0 Å². The van der Waals surface area contributed by atoms with Crippen molar-refractivity contribution in [1.82, 2.24) is 5.32 Å². The van der Waals surface area contributed by atoms with Gasteiger partial charge in [0.05, 0.1) is 12.6 Å². The third-order valence-electron chi connectivity index (χ3n) is 1.65. The molecule has 1 aromatic heterocycles. The minimum absolute atomic E-state index is 0.388. The molecule has 0 aliphatic heterocycles. The van der Waals surface area contributed by atoms with Gasteiger partial charge in [0.1, 0.15) is 0 Å². The van der Waals surface area contributed by atoms with Crippen LogP contribution in [0.3, 0.4) is 0 Å². The summed E-state index contributed by atoms with van der Waals surface area (Å²) in [5, 5.41) is 15.7. The molecule has 0 radical (unpaired) electrons. The lowest BCUT2D eigenvalue weighted by molar-refractivity contribution is 0.584. The molecule has 64 valence electrons. The van der Waals surface area contributed by atoms with Gasteiger partial charge in [0.15, 0.2) is 0 Å². The molecule has 0 fully saturated rings. The van der Waals surface area contributed by atoms with Gasteiger partial charge in [0, 0.05) is 6.04 Å². The number of hydrogen-bond acceptors (Lipinski definition) is 3. The average Bonchev–Trinajstić information content (AvgIpc) is 2.53. The van der Waals surface area contributed by atoms with Crippen molar-refractivity contribution in [3.05, 3.63) is 22.4 Å². The SMILES string of the molecule is CC(Cc1ccsc1)NCC#N. The Kier molecular flexibility index (Phi) is 3.78. The standard InChI is InChI=1S/C9H12N2S/c1-8(11-4-3-10)6-9-2-5-12-7-9/h2,5,7-8,11H,4,6H2,1H3. The van der Waals surface area contributed by atoms with Crippen molar-refractivity contribution in [2.24, 2.45) is 0 Å². The lowest BCUT2D eigenvalue weighted by Gasteiger charge is -2.08. The predicted molar refractivity (Wildman–Crippen MR) is 51.1 cm³/mol. The summed E-state index contributed by atoms with van der Waals surface area (Å²) in [5.74, 6) is 0. The predicted octanol–water partition coefficient (Wildman–Crippen LogP) is 1.79. The molecule has 3 heteroatoms. The number of thiophene rings is 1. The van der Waals surface area contributed by atoms with Crippen LogP contribution in [0.15, 0.2) is 16.8 Å². The molecule has 0 aliphatic rings. The van der Waals surface area contributed by atoms with Crippen LogP contribution in [0.5, 0.6) is 0 Å². The molecule has 1 aromatic rings. The highest BCUT2D eigenvalue weighted by molar-refractivity contribution is 7.07. The fourth-order valence-corrected chi connectivity index (χ4v) is 1.74. The van der Waals surface area contributed by atoms with Crippen LogP contribution in [0, 0.1) is 11.3 Å². The van der Waals surface area contributed by atoms with Gasteiger partial charge >= 0.3 is 0 Å². The van der Waals surface area contributed by atoms with Crippen LogP contribution in [0.25, 0.3) is 0 Å². The number of hydrogen-bond donors (Lipinski definition) is 1. The summed E-state index contributed by atoms with van der Waals surface area (Å²) in [6, 6.07) is 4.58. The lowest BCUT2D eigenvalue weighted by atomic mass is 10.1. The maximum atomic E-state index is 8.33. The molecule has 1 unspecified atom stereocenters. The number of nitrogens with zero attached hydrogens (tertiary/aromatic N) is 1. The summed E-state index contributed by atoms with van der Waals surface area (Å²) >= 11 is 1.71. The van der Waals surface area contributed by atoms with E-state index in [1.807, 2.05) is 0 Å². The Morgan fingerprint density at radius 2 is 2.58 bits per heavy atom. The summed E-state index contributed by atoms with van der Waals surface area (Å²) in [6.07, 6.45) is 1.01. The van der Waals surface area contributed by atoms with E-state index in [1.165, 1.54) is 5.56 Å². The fourth-order valence-electron chi connectivity index (χ4n) is 1.05. The highest BCUT2D eigenvalue weighted by atomic mass is 32.1. The summed E-state index contributed by atoms with van der Waals surface area (Å²) in [5.41, 5.74) is 1.35. The number of nitrogens with one attached hydrogen (secondary N) is 1. The van der Waals surface area contributed by atoms with Crippen molar-refractivity contribution < 1.29 is 0 Å². The van der Waals surface area contributed by atoms with Crippen molar-refractivity contribution in [2.45, 2.75) is 19.4 Å². The molecule has 0 saturated carbocycles. The van der Waals surface area contributed by atoms with Crippen LogP contribution >= 0.6 is 11.3 Å². The van der Waals surface area contributed by atoms with Gasteiger partial charge < -0.3 is 5.32 Å². The first-order chi connectivity index (χ1) is 5.83. The normalized spacial score (nSPS) is 12.3. The Hall–Kier alpha value is -0.850. The molecular formula is C9H12N2S. The van der Waals surface area contributed by atoms with E-state index in [9.17, 15) is 0 Å². The first-order valence-corrected chi connectivity index (χ1v) is 4.88. The second-order valence-corrected chi connectivity index (χ2v) is 3.56. The quantitative estimate of drug-likeness (QED) is 0.717. The molecule has 1 N–H and O–H groups in total. The van der Waals surface area contributed by atoms with Gasteiger partial charge in [0.25, 0.3) is 0 Å². The summed E-state index contributed by atoms with van der Waals surface area (Å²) < 4.78 is 0. The molecule has 0 aromatic carbocycles. The van der Waals surface area contributed by atoms with Gasteiger partial charge in [-0.2, -0.15) is 16.6 Å². The third kappa shape index (κ3) is 3.04. The maximum absolute atomic E-state index is 8.33. The Balaban J connectivity index is 2.28. The molecule has 1 atom stereocenters. The zero-order valence-electron chi connectivity index (χ0n) is 7.08. The van der Waals surface area contributed by atoms with Crippen molar-refractivity contribution in [3.63, 3.8) is 0 Å². The van der Waals surface area contributed by atoms with Crippen LogP contribution in [0.4, 0.5) is 0 Å². The van der Waals surface area contributed by atoms with Gasteiger partial charge in [-0.15, -0.1) is 0 Å². The first kappa shape index (κ1) is 9.24. The topological polar surface area (TPSA) is 35.8 Å². The van der Waals surface area contributed by atoms with Gasteiger partial charge in [-0.25, -0.2) is 0 Å². The minimum atomic E-state index is 0.388. The number of nitriles is 1. The van der Waals surface area contributed by atoms with E-state index < -0.39 is 0 Å². The van der Waals surface area contributed by atoms with E-state index in [4.69, 9.17) is 5.26 Å². The zero-order valence-corrected chi connectivity index (χ0v) is 7.90. The van der Waals surface area contributed by atoms with Crippen LogP contribution in [-0.2, 0) is 6.42 Å². The van der Waals surface area contributed by atoms with Crippen LogP contribution in [-0.4, -0.2) is 12.6 Å². The molecule has 0 spiro atoms. The molecule has 12 heavy (non-hydrogen) atoms. The van der Waals surface area contributed by atoms with Gasteiger partial charge in [-0.3, -0.25) is 0 Å². The molecule has 0 bridgehead atoms. The van der Waals surface area contributed by atoms with Crippen molar-refractivity contribution in [3.8, 4) is 6.07 Å². The van der Waals surface area contributed by atoms with E-state index in [1.54, 1.807) is 11.3 Å². The Labute approximate surface area is 76.8 Å². The Morgan fingerprint density at radius 1 is 1.75 bits per heavy atom. The van der Waals surface area contributed by atoms with E-state index in [-0.39, 0.29) is 0 Å². The highest BCUT2D eigenvalue weighted by Gasteiger charge is 2.01. The first-order valence-electron chi connectivity index (χ1n) is 3.94. The highest BCUT2D eigenvalue weighted by Crippen LogP contribution is 2.08. The van der Waals surface area contributed by atoms with Crippen molar-refractivity contribution in [2.75, 3.05) is 6.54 Å². The second kappa shape index (κ2) is 4.91. The van der Waals surface area contributed by atoms with E-state index in [0.717, 1.165) is 6.42 Å². The minimum Gasteiger partial charge on any atom is -0.302 e. The van der Waals surface area contributed by atoms with Gasteiger partial charge in [-0.1, -0.05) is 0 Å². The van der Waals surface area contributed by atoms with Crippen LogP contribution in [0.1, 0.15) is 12.5 Å². The largest absolute Gasteiger partial charge is 0.302 e. The van der Waals surface area contributed by atoms with E-state index >= 15 is 0 Å². The summed E-state index contributed by atoms with van der Waals surface area (Å²) in [7, 11) is 0. The third-order valence-corrected chi connectivity index (χ3v) is 2.38. The van der Waals surface area contributed by atoms with Gasteiger partial charge in [-0.05, 0) is 35.7 Å². The second-order valence-electron chi connectivity index (χ2n) is 2.78. The average molecular weight is 180 g/mol. The Bertz CT molecular complexity index is 248. The molecular weight excluding hydrogens is 168 g/mol. The summed E-state index contributed by atoms with van der Waals surface area (Å²) in [6.45, 7) is 2.53. The molecule has 0 saturated heterocycles. The van der Waals surface area contributed by atoms with Crippen molar-refractivity contribution in [1.29, 1.82) is 5.26 Å². The van der Waals surface area contributed by atoms with Crippen LogP contribution < -0.4 is 5.32 Å². The molecule has 1 heterocycles. The summed E-state index contributed by atoms with van der Waals surface area (Å²) in [4.78, 5) is 0. The Morgan fingerprint density at radius 3 is 3.17 bits per heavy atom. The number of rotatable bonds is 4. The zero-order chi connectivity index (χ0) is 8.81. The lowest BCUT2D eigenvalue weighted by Crippen LogP contribution is -2.28. The molecule has 0 amide bonds. The molecule has 2 nitrogen and oxygen atoms in total. The van der Waals surface area contributed by atoms with E-state index in [2.05, 4.69) is 35.1 Å². The fraction of sp³-hybridized carbons (Fsp3) is 0.444. The van der Waals surface area contributed by atoms with Crippen molar-refractivity contribution >= 4 is 11.3 Å². The smallest absolute Gasteiger partial charge is 0.0843 e. The molecule has 0 aliphatic carbocycles.